The number of rotatable bonds is 3. The lowest BCUT2D eigenvalue weighted by molar-refractivity contribution is 0.965. The van der Waals surface area contributed by atoms with Crippen molar-refractivity contribution in [3.63, 3.8) is 0 Å². The predicted molar refractivity (Wildman–Crippen MR) is 52.5 cm³/mol. The molecule has 0 aromatic carbocycles. The smallest absolute Gasteiger partial charge is 0.189 e. The average molecular weight is 204 g/mol. The van der Waals surface area contributed by atoms with E-state index in [2.05, 4.69) is 16.9 Å². The molecule has 0 spiro atoms. The highest BCUT2D eigenvalue weighted by molar-refractivity contribution is 7.99. The SMILES string of the molecule is CCCSc1ncc(N)c(Cl)n1. The maximum absolute atomic E-state index is 5.70. The van der Waals surface area contributed by atoms with Crippen molar-refractivity contribution in [2.75, 3.05) is 11.5 Å². The van der Waals surface area contributed by atoms with Gasteiger partial charge in [-0.05, 0) is 6.42 Å². The minimum Gasteiger partial charge on any atom is -0.395 e. The van der Waals surface area contributed by atoms with Crippen LogP contribution in [0.15, 0.2) is 11.4 Å². The number of thioether (sulfide) groups is 1. The summed E-state index contributed by atoms with van der Waals surface area (Å²) in [6, 6.07) is 0. The van der Waals surface area contributed by atoms with Crippen LogP contribution in [0.3, 0.4) is 0 Å². The molecule has 0 radical (unpaired) electrons. The zero-order valence-corrected chi connectivity index (χ0v) is 8.32. The van der Waals surface area contributed by atoms with Gasteiger partial charge in [0.2, 0.25) is 0 Å². The van der Waals surface area contributed by atoms with Gasteiger partial charge in [0.15, 0.2) is 10.3 Å². The Labute approximate surface area is 80.7 Å². The second kappa shape index (κ2) is 4.52. The maximum Gasteiger partial charge on any atom is 0.189 e. The highest BCUT2D eigenvalue weighted by Crippen LogP contribution is 2.19. The van der Waals surface area contributed by atoms with Crippen LogP contribution in [0.4, 0.5) is 5.69 Å². The first kappa shape index (κ1) is 9.61. The summed E-state index contributed by atoms with van der Waals surface area (Å²) in [7, 11) is 0. The molecule has 0 bridgehead atoms. The molecule has 1 rings (SSSR count). The lowest BCUT2D eigenvalue weighted by Gasteiger charge is -1.99. The second-order valence-corrected chi connectivity index (χ2v) is 3.67. The third kappa shape index (κ3) is 2.53. The Morgan fingerprint density at radius 3 is 3.00 bits per heavy atom. The van der Waals surface area contributed by atoms with E-state index in [1.807, 2.05) is 0 Å². The first-order valence-electron chi connectivity index (χ1n) is 3.65. The molecule has 1 aromatic rings. The number of anilines is 1. The van der Waals surface area contributed by atoms with E-state index in [1.165, 1.54) is 6.20 Å². The molecule has 0 unspecified atom stereocenters. The molecule has 5 heteroatoms. The summed E-state index contributed by atoms with van der Waals surface area (Å²) in [4.78, 5) is 8.02. The fourth-order valence-electron chi connectivity index (χ4n) is 0.618. The summed E-state index contributed by atoms with van der Waals surface area (Å²) in [5.41, 5.74) is 5.88. The summed E-state index contributed by atoms with van der Waals surface area (Å²) in [6.45, 7) is 2.10. The van der Waals surface area contributed by atoms with Gasteiger partial charge in [-0.15, -0.1) is 0 Å². The van der Waals surface area contributed by atoms with Gasteiger partial charge in [-0.2, -0.15) is 0 Å². The molecular weight excluding hydrogens is 194 g/mol. The fourth-order valence-corrected chi connectivity index (χ4v) is 1.47. The van der Waals surface area contributed by atoms with E-state index in [0.717, 1.165) is 12.2 Å². The molecule has 0 aliphatic carbocycles. The molecule has 3 nitrogen and oxygen atoms in total. The van der Waals surface area contributed by atoms with Gasteiger partial charge < -0.3 is 5.73 Å². The average Bonchev–Trinajstić information content (AvgIpc) is 2.07. The van der Waals surface area contributed by atoms with Crippen LogP contribution in [0.5, 0.6) is 0 Å². The number of nitrogen functional groups attached to an aromatic ring is 1. The third-order valence-corrected chi connectivity index (χ3v) is 2.55. The third-order valence-electron chi connectivity index (χ3n) is 1.18. The largest absolute Gasteiger partial charge is 0.395 e. The predicted octanol–water partition coefficient (Wildman–Crippen LogP) is 2.21. The second-order valence-electron chi connectivity index (χ2n) is 2.25. The molecule has 2 N–H and O–H groups in total. The van der Waals surface area contributed by atoms with Crippen LogP contribution in [0, 0.1) is 0 Å². The molecule has 0 aliphatic heterocycles. The van der Waals surface area contributed by atoms with Gasteiger partial charge >= 0.3 is 0 Å². The van der Waals surface area contributed by atoms with E-state index in [0.29, 0.717) is 16.0 Å². The Hall–Kier alpha value is -0.480. The number of nitrogens with zero attached hydrogens (tertiary/aromatic N) is 2. The first-order valence-corrected chi connectivity index (χ1v) is 5.01. The van der Waals surface area contributed by atoms with Gasteiger partial charge in [-0.1, -0.05) is 30.3 Å². The van der Waals surface area contributed by atoms with Crippen LogP contribution >= 0.6 is 23.4 Å². The van der Waals surface area contributed by atoms with E-state index in [-0.39, 0.29) is 0 Å². The van der Waals surface area contributed by atoms with Gasteiger partial charge in [-0.3, -0.25) is 0 Å². The van der Waals surface area contributed by atoms with Crippen LogP contribution in [0.1, 0.15) is 13.3 Å². The highest BCUT2D eigenvalue weighted by atomic mass is 35.5. The Morgan fingerprint density at radius 1 is 1.67 bits per heavy atom. The minimum atomic E-state index is 0.337. The summed E-state index contributed by atoms with van der Waals surface area (Å²) < 4.78 is 0. The van der Waals surface area contributed by atoms with Crippen molar-refractivity contribution >= 4 is 29.1 Å². The minimum absolute atomic E-state index is 0.337. The van der Waals surface area contributed by atoms with E-state index >= 15 is 0 Å². The van der Waals surface area contributed by atoms with E-state index in [1.54, 1.807) is 11.8 Å². The lowest BCUT2D eigenvalue weighted by atomic mass is 10.6. The van der Waals surface area contributed by atoms with E-state index in [4.69, 9.17) is 17.3 Å². The normalized spacial score (nSPS) is 10.2. The quantitative estimate of drug-likeness (QED) is 0.465. The van der Waals surface area contributed by atoms with Crippen molar-refractivity contribution in [1.82, 2.24) is 9.97 Å². The Balaban J connectivity index is 2.69. The molecule has 0 atom stereocenters. The zero-order chi connectivity index (χ0) is 8.97. The maximum atomic E-state index is 5.70. The van der Waals surface area contributed by atoms with Gasteiger partial charge in [0.25, 0.3) is 0 Å². The summed E-state index contributed by atoms with van der Waals surface area (Å²) in [5, 5.41) is 1.03. The fraction of sp³-hybridized carbons (Fsp3) is 0.429. The van der Waals surface area contributed by atoms with Crippen LogP contribution in [0.25, 0.3) is 0 Å². The van der Waals surface area contributed by atoms with Gasteiger partial charge in [0.1, 0.15) is 0 Å². The number of hydrogen-bond donors (Lipinski definition) is 1. The lowest BCUT2D eigenvalue weighted by Crippen LogP contribution is -1.93. The Kier molecular flexibility index (Phi) is 3.62. The van der Waals surface area contributed by atoms with Gasteiger partial charge in [0, 0.05) is 5.75 Å². The molecule has 0 aliphatic rings. The molecule has 0 saturated carbocycles. The van der Waals surface area contributed by atoms with Crippen molar-refractivity contribution in [2.24, 2.45) is 0 Å². The molecule has 1 heterocycles. The monoisotopic (exact) mass is 203 g/mol. The number of aromatic nitrogens is 2. The molecular formula is C7H10ClN3S. The Morgan fingerprint density at radius 2 is 2.42 bits per heavy atom. The standard InChI is InChI=1S/C7H10ClN3S/c1-2-3-12-7-10-4-5(9)6(8)11-7/h4H,2-3,9H2,1H3. The van der Waals surface area contributed by atoms with Gasteiger partial charge in [0.05, 0.1) is 11.9 Å². The Bertz CT molecular complexity index is 267. The van der Waals surface area contributed by atoms with Crippen LogP contribution in [0.2, 0.25) is 5.15 Å². The topological polar surface area (TPSA) is 51.8 Å². The van der Waals surface area contributed by atoms with Crippen LogP contribution in [-0.4, -0.2) is 15.7 Å². The molecule has 66 valence electrons. The number of nitrogens with two attached hydrogens (primary N) is 1. The molecule has 12 heavy (non-hydrogen) atoms. The summed E-state index contributed by atoms with van der Waals surface area (Å²) >= 11 is 7.28. The highest BCUT2D eigenvalue weighted by Gasteiger charge is 2.00. The molecule has 0 amide bonds. The first-order chi connectivity index (χ1) is 5.74. The van der Waals surface area contributed by atoms with Crippen molar-refractivity contribution in [1.29, 1.82) is 0 Å². The van der Waals surface area contributed by atoms with E-state index in [9.17, 15) is 0 Å². The van der Waals surface area contributed by atoms with E-state index < -0.39 is 0 Å². The molecule has 1 aromatic heterocycles. The van der Waals surface area contributed by atoms with Crippen molar-refractivity contribution in [3.8, 4) is 0 Å². The van der Waals surface area contributed by atoms with Crippen LogP contribution in [-0.2, 0) is 0 Å². The van der Waals surface area contributed by atoms with Crippen molar-refractivity contribution < 1.29 is 0 Å². The van der Waals surface area contributed by atoms with Gasteiger partial charge in [-0.25, -0.2) is 9.97 Å². The summed E-state index contributed by atoms with van der Waals surface area (Å²) in [6.07, 6.45) is 2.63. The summed E-state index contributed by atoms with van der Waals surface area (Å²) in [5.74, 6) is 1.00. The van der Waals surface area contributed by atoms with Crippen molar-refractivity contribution in [2.45, 2.75) is 18.5 Å². The number of hydrogen-bond acceptors (Lipinski definition) is 4. The number of halogens is 1. The van der Waals surface area contributed by atoms with Crippen molar-refractivity contribution in [3.05, 3.63) is 11.3 Å². The molecule has 0 fully saturated rings. The zero-order valence-electron chi connectivity index (χ0n) is 6.75. The molecule has 0 saturated heterocycles. The van der Waals surface area contributed by atoms with Crippen LogP contribution < -0.4 is 5.73 Å².